The van der Waals surface area contributed by atoms with Crippen molar-refractivity contribution in [3.8, 4) is 0 Å². The molecule has 0 aromatic heterocycles. The van der Waals surface area contributed by atoms with Crippen molar-refractivity contribution in [2.24, 2.45) is 23.2 Å². The molecule has 0 amide bonds. The molecule has 0 unspecified atom stereocenters. The number of likely N-dealkylation sites (N-methyl/N-ethyl adjacent to an activating group) is 1. The van der Waals surface area contributed by atoms with Gasteiger partial charge in [0.05, 0.1) is 6.61 Å². The van der Waals surface area contributed by atoms with Gasteiger partial charge in [0.2, 0.25) is 0 Å². The topological polar surface area (TPSA) is 23.5 Å². The number of nitrogens with zero attached hydrogens (tertiary/aromatic N) is 1. The van der Waals surface area contributed by atoms with Crippen molar-refractivity contribution < 1.29 is 5.11 Å². The Balaban J connectivity index is 1.56. The maximum absolute atomic E-state index is 8.84. The summed E-state index contributed by atoms with van der Waals surface area (Å²) in [5.41, 5.74) is 0.648. The average Bonchev–Trinajstić information content (AvgIpc) is 2.38. The Morgan fingerprint density at radius 1 is 1.21 bits per heavy atom. The Morgan fingerprint density at radius 3 is 2.63 bits per heavy atom. The van der Waals surface area contributed by atoms with Gasteiger partial charge in [0, 0.05) is 18.8 Å². The van der Waals surface area contributed by atoms with Gasteiger partial charge in [-0.15, -0.1) is 0 Å². The van der Waals surface area contributed by atoms with Crippen molar-refractivity contribution in [1.29, 1.82) is 0 Å². The lowest BCUT2D eigenvalue weighted by Crippen LogP contribution is -2.52. The SMILES string of the molecule is CN(CCO)CCSCC[C@@H]1CC[C@H]2C[C@@H]1C2(C)C. The van der Waals surface area contributed by atoms with E-state index >= 15 is 0 Å². The van der Waals surface area contributed by atoms with Crippen molar-refractivity contribution in [3.05, 3.63) is 0 Å². The second kappa shape index (κ2) is 6.82. The molecule has 3 saturated carbocycles. The largest absolute Gasteiger partial charge is 0.395 e. The summed E-state index contributed by atoms with van der Waals surface area (Å²) in [6.45, 7) is 7.18. The summed E-state index contributed by atoms with van der Waals surface area (Å²) >= 11 is 2.10. The van der Waals surface area contributed by atoms with Gasteiger partial charge >= 0.3 is 0 Å². The lowest BCUT2D eigenvalue weighted by molar-refractivity contribution is -0.105. The first-order valence-electron chi connectivity index (χ1n) is 7.93. The normalized spacial score (nSPS) is 32.4. The molecule has 0 aromatic rings. The van der Waals surface area contributed by atoms with E-state index in [1.54, 1.807) is 0 Å². The van der Waals surface area contributed by atoms with Crippen LogP contribution in [0.3, 0.4) is 0 Å². The third kappa shape index (κ3) is 3.68. The lowest BCUT2D eigenvalue weighted by Gasteiger charge is -2.60. The summed E-state index contributed by atoms with van der Waals surface area (Å²) in [6.07, 6.45) is 5.92. The monoisotopic (exact) mass is 285 g/mol. The Kier molecular flexibility index (Phi) is 5.62. The van der Waals surface area contributed by atoms with Crippen molar-refractivity contribution in [1.82, 2.24) is 4.90 Å². The van der Waals surface area contributed by atoms with E-state index in [1.165, 1.54) is 37.2 Å². The first-order chi connectivity index (χ1) is 9.05. The number of hydrogen-bond donors (Lipinski definition) is 1. The third-order valence-corrected chi connectivity index (χ3v) is 6.73. The highest BCUT2D eigenvalue weighted by molar-refractivity contribution is 7.99. The fourth-order valence-electron chi connectivity index (χ4n) is 4.15. The maximum Gasteiger partial charge on any atom is 0.0558 e. The van der Waals surface area contributed by atoms with E-state index in [9.17, 15) is 0 Å². The third-order valence-electron chi connectivity index (χ3n) is 5.73. The van der Waals surface area contributed by atoms with Crippen molar-refractivity contribution in [3.63, 3.8) is 0 Å². The number of aliphatic hydroxyl groups excluding tert-OH is 1. The summed E-state index contributed by atoms with van der Waals surface area (Å²) in [7, 11) is 2.09. The van der Waals surface area contributed by atoms with Crippen LogP contribution in [0.2, 0.25) is 0 Å². The second-order valence-electron chi connectivity index (χ2n) is 7.13. The molecule has 19 heavy (non-hydrogen) atoms. The second-order valence-corrected chi connectivity index (χ2v) is 8.35. The van der Waals surface area contributed by atoms with Gasteiger partial charge < -0.3 is 10.0 Å². The standard InChI is InChI=1S/C16H31NOS/c1-16(2)14-5-4-13(15(16)12-14)6-10-19-11-8-17(3)7-9-18/h13-15,18H,4-12H2,1-3H3/t13-,14-,15-/m0/s1. The summed E-state index contributed by atoms with van der Waals surface area (Å²) in [6, 6.07) is 0. The lowest BCUT2D eigenvalue weighted by atomic mass is 9.45. The predicted octanol–water partition coefficient (Wildman–Crippen LogP) is 3.11. The molecule has 3 aliphatic carbocycles. The molecule has 0 saturated heterocycles. The smallest absolute Gasteiger partial charge is 0.0558 e. The molecule has 3 atom stereocenters. The predicted molar refractivity (Wildman–Crippen MR) is 84.6 cm³/mol. The van der Waals surface area contributed by atoms with E-state index in [-0.39, 0.29) is 6.61 Å². The van der Waals surface area contributed by atoms with Gasteiger partial charge in [-0.3, -0.25) is 0 Å². The van der Waals surface area contributed by atoms with Crippen LogP contribution < -0.4 is 0 Å². The van der Waals surface area contributed by atoms with Gasteiger partial charge in [0.25, 0.3) is 0 Å². The molecular weight excluding hydrogens is 254 g/mol. The minimum Gasteiger partial charge on any atom is -0.395 e. The zero-order chi connectivity index (χ0) is 13.9. The van der Waals surface area contributed by atoms with E-state index in [1.807, 2.05) is 0 Å². The molecule has 3 aliphatic rings. The Bertz CT molecular complexity index is 280. The summed E-state index contributed by atoms with van der Waals surface area (Å²) in [4.78, 5) is 2.22. The molecular formula is C16H31NOS. The van der Waals surface area contributed by atoms with E-state index < -0.39 is 0 Å². The fraction of sp³-hybridized carbons (Fsp3) is 1.00. The molecule has 0 radical (unpaired) electrons. The van der Waals surface area contributed by atoms with Gasteiger partial charge in [-0.1, -0.05) is 13.8 Å². The molecule has 0 aromatic carbocycles. The first-order valence-corrected chi connectivity index (χ1v) is 9.08. The van der Waals surface area contributed by atoms with Crippen LogP contribution in [-0.2, 0) is 0 Å². The molecule has 2 nitrogen and oxygen atoms in total. The summed E-state index contributed by atoms with van der Waals surface area (Å²) in [5, 5.41) is 8.84. The highest BCUT2D eigenvalue weighted by atomic mass is 32.2. The molecule has 1 N–H and O–H groups in total. The van der Waals surface area contributed by atoms with Crippen LogP contribution in [-0.4, -0.2) is 48.3 Å². The Morgan fingerprint density at radius 2 is 2.00 bits per heavy atom. The molecule has 2 bridgehead atoms. The first kappa shape index (κ1) is 15.7. The van der Waals surface area contributed by atoms with Gasteiger partial charge in [-0.2, -0.15) is 11.8 Å². The number of aliphatic hydroxyl groups is 1. The van der Waals surface area contributed by atoms with Crippen molar-refractivity contribution in [2.45, 2.75) is 39.5 Å². The molecule has 0 heterocycles. The molecule has 112 valence electrons. The molecule has 3 fully saturated rings. The Labute approximate surface area is 123 Å². The minimum atomic E-state index is 0.279. The van der Waals surface area contributed by atoms with Crippen molar-refractivity contribution >= 4 is 11.8 Å². The van der Waals surface area contributed by atoms with Crippen LogP contribution in [0.4, 0.5) is 0 Å². The van der Waals surface area contributed by atoms with Crippen LogP contribution in [0.25, 0.3) is 0 Å². The van der Waals surface area contributed by atoms with E-state index in [0.29, 0.717) is 5.41 Å². The fourth-order valence-corrected chi connectivity index (χ4v) is 5.26. The van der Waals surface area contributed by atoms with Gasteiger partial charge in [-0.05, 0) is 61.7 Å². The highest BCUT2D eigenvalue weighted by Crippen LogP contribution is 2.62. The van der Waals surface area contributed by atoms with Gasteiger partial charge in [0.1, 0.15) is 0 Å². The molecule has 0 spiro atoms. The number of thioether (sulfide) groups is 1. The van der Waals surface area contributed by atoms with Crippen LogP contribution in [0.1, 0.15) is 39.5 Å². The number of fused-ring (bicyclic) bond motifs is 2. The molecule has 3 rings (SSSR count). The van der Waals surface area contributed by atoms with E-state index in [0.717, 1.165) is 30.8 Å². The van der Waals surface area contributed by atoms with Crippen LogP contribution in [0.5, 0.6) is 0 Å². The summed E-state index contributed by atoms with van der Waals surface area (Å²) in [5.74, 6) is 5.59. The number of rotatable bonds is 8. The van der Waals surface area contributed by atoms with Crippen LogP contribution in [0.15, 0.2) is 0 Å². The van der Waals surface area contributed by atoms with Crippen molar-refractivity contribution in [2.75, 3.05) is 38.2 Å². The quantitative estimate of drug-likeness (QED) is 0.693. The van der Waals surface area contributed by atoms with E-state index in [2.05, 4.69) is 37.6 Å². The minimum absolute atomic E-state index is 0.279. The van der Waals surface area contributed by atoms with Crippen LogP contribution >= 0.6 is 11.8 Å². The summed E-state index contributed by atoms with van der Waals surface area (Å²) < 4.78 is 0. The zero-order valence-electron chi connectivity index (χ0n) is 12.9. The average molecular weight is 285 g/mol. The molecule has 0 aliphatic heterocycles. The van der Waals surface area contributed by atoms with Gasteiger partial charge in [0.15, 0.2) is 0 Å². The highest BCUT2D eigenvalue weighted by Gasteiger charge is 2.53. The van der Waals surface area contributed by atoms with E-state index in [4.69, 9.17) is 5.11 Å². The van der Waals surface area contributed by atoms with Crippen LogP contribution in [0, 0.1) is 23.2 Å². The zero-order valence-corrected chi connectivity index (χ0v) is 13.7. The molecule has 3 heteroatoms. The maximum atomic E-state index is 8.84. The van der Waals surface area contributed by atoms with Gasteiger partial charge in [-0.25, -0.2) is 0 Å². The number of hydrogen-bond acceptors (Lipinski definition) is 3. The Hall–Kier alpha value is 0.270.